The molecule has 2 heteroatoms. The lowest BCUT2D eigenvalue weighted by Crippen LogP contribution is -2.10. The second-order valence-corrected chi connectivity index (χ2v) is 11.4. The van der Waals surface area contributed by atoms with Crippen molar-refractivity contribution < 1.29 is 0 Å². The van der Waals surface area contributed by atoms with Crippen LogP contribution in [0.2, 0.25) is 0 Å². The Bertz CT molecular complexity index is 2250. The van der Waals surface area contributed by atoms with Gasteiger partial charge in [0.2, 0.25) is 0 Å². The molecule has 0 bridgehead atoms. The molecule has 2 nitrogen and oxygen atoms in total. The molecular formula is C44H32N2. The van der Waals surface area contributed by atoms with E-state index < -0.39 is 0 Å². The van der Waals surface area contributed by atoms with E-state index in [9.17, 15) is 0 Å². The third kappa shape index (κ3) is 5.16. The van der Waals surface area contributed by atoms with Crippen LogP contribution in [0.5, 0.6) is 0 Å². The van der Waals surface area contributed by atoms with E-state index in [4.69, 9.17) is 0 Å². The average molecular weight is 589 g/mol. The summed E-state index contributed by atoms with van der Waals surface area (Å²) in [5, 5.41) is 4.89. The summed E-state index contributed by atoms with van der Waals surface area (Å²) in [4.78, 5) is 4.71. The first-order chi connectivity index (χ1) is 22.8. The Labute approximate surface area is 270 Å². The van der Waals surface area contributed by atoms with Crippen LogP contribution >= 0.6 is 0 Å². The Kier molecular flexibility index (Phi) is 7.22. The summed E-state index contributed by atoms with van der Waals surface area (Å²) in [7, 11) is 0. The summed E-state index contributed by atoms with van der Waals surface area (Å²) in [6.07, 6.45) is 0. The number of rotatable bonds is 7. The van der Waals surface area contributed by atoms with Gasteiger partial charge in [0.15, 0.2) is 0 Å². The maximum absolute atomic E-state index is 2.36. The van der Waals surface area contributed by atoms with E-state index in [1.165, 1.54) is 32.7 Å². The van der Waals surface area contributed by atoms with Gasteiger partial charge in [-0.05, 0) is 82.6 Å². The maximum Gasteiger partial charge on any atom is 0.0540 e. The Morgan fingerprint density at radius 2 is 0.674 bits per heavy atom. The lowest BCUT2D eigenvalue weighted by molar-refractivity contribution is 1.29. The molecule has 218 valence electrons. The van der Waals surface area contributed by atoms with E-state index in [0.29, 0.717) is 0 Å². The van der Waals surface area contributed by atoms with Crippen LogP contribution in [0.15, 0.2) is 194 Å². The average Bonchev–Trinajstić information content (AvgIpc) is 3.13. The highest BCUT2D eigenvalue weighted by Gasteiger charge is 2.17. The first kappa shape index (κ1) is 27.4. The van der Waals surface area contributed by atoms with Crippen LogP contribution in [0.4, 0.5) is 34.1 Å². The van der Waals surface area contributed by atoms with Crippen molar-refractivity contribution in [3.63, 3.8) is 0 Å². The molecule has 0 unspecified atom stereocenters. The van der Waals surface area contributed by atoms with Gasteiger partial charge in [-0.15, -0.1) is 0 Å². The van der Waals surface area contributed by atoms with E-state index >= 15 is 0 Å². The first-order valence-electron chi connectivity index (χ1n) is 15.7. The van der Waals surface area contributed by atoms with Crippen molar-refractivity contribution in [2.75, 3.05) is 9.80 Å². The largest absolute Gasteiger partial charge is 0.310 e. The predicted octanol–water partition coefficient (Wildman–Crippen LogP) is 12.6. The molecule has 8 aromatic rings. The predicted molar refractivity (Wildman–Crippen MR) is 196 cm³/mol. The summed E-state index contributed by atoms with van der Waals surface area (Å²) in [5.41, 5.74) is 9.14. The van der Waals surface area contributed by atoms with Crippen molar-refractivity contribution >= 4 is 55.7 Å². The zero-order valence-electron chi connectivity index (χ0n) is 25.4. The molecule has 0 atom stereocenters. The first-order valence-corrected chi connectivity index (χ1v) is 15.7. The fourth-order valence-corrected chi connectivity index (χ4v) is 6.44. The molecule has 0 N–H and O–H groups in total. The van der Waals surface area contributed by atoms with Gasteiger partial charge in [0.05, 0.1) is 11.4 Å². The van der Waals surface area contributed by atoms with Gasteiger partial charge >= 0.3 is 0 Å². The van der Waals surface area contributed by atoms with Gasteiger partial charge in [-0.1, -0.05) is 133 Å². The van der Waals surface area contributed by atoms with Gasteiger partial charge in [0.1, 0.15) is 0 Å². The zero-order chi connectivity index (χ0) is 30.7. The quantitative estimate of drug-likeness (QED) is 0.183. The number of para-hydroxylation sites is 2. The van der Waals surface area contributed by atoms with Gasteiger partial charge in [0, 0.05) is 33.5 Å². The van der Waals surface area contributed by atoms with Crippen molar-refractivity contribution in [3.8, 4) is 11.1 Å². The second-order valence-electron chi connectivity index (χ2n) is 11.4. The highest BCUT2D eigenvalue weighted by Crippen LogP contribution is 2.42. The lowest BCUT2D eigenvalue weighted by atomic mass is 10.0. The minimum Gasteiger partial charge on any atom is -0.310 e. The Hall–Kier alpha value is -6.12. The lowest BCUT2D eigenvalue weighted by Gasteiger charge is -2.28. The van der Waals surface area contributed by atoms with Gasteiger partial charge in [-0.3, -0.25) is 0 Å². The van der Waals surface area contributed by atoms with E-state index in [0.717, 1.165) is 34.1 Å². The molecule has 0 saturated heterocycles. The third-order valence-electron chi connectivity index (χ3n) is 8.61. The Morgan fingerprint density at radius 1 is 0.261 bits per heavy atom. The standard InChI is InChI=1S/C44H32N2/c1-3-19-37(20-4-1)45(43-26-12-16-34-14-7-9-24-41(34)43)39-30-28-33(29-31-39)36-18-11-23-40(32-36)46(38-21-5-2-6-22-38)44-27-13-17-35-15-8-10-25-42(35)44/h1-32H. The molecule has 0 aliphatic rings. The van der Waals surface area contributed by atoms with Crippen LogP contribution < -0.4 is 9.80 Å². The van der Waals surface area contributed by atoms with Crippen molar-refractivity contribution in [2.45, 2.75) is 0 Å². The zero-order valence-corrected chi connectivity index (χ0v) is 25.4. The van der Waals surface area contributed by atoms with Crippen LogP contribution in [-0.4, -0.2) is 0 Å². The fraction of sp³-hybridized carbons (Fsp3) is 0. The fourth-order valence-electron chi connectivity index (χ4n) is 6.44. The summed E-state index contributed by atoms with van der Waals surface area (Å²) >= 11 is 0. The van der Waals surface area contributed by atoms with Gasteiger partial charge < -0.3 is 9.80 Å². The van der Waals surface area contributed by atoms with Crippen LogP contribution in [0.1, 0.15) is 0 Å². The summed E-state index contributed by atoms with van der Waals surface area (Å²) in [5.74, 6) is 0. The van der Waals surface area contributed by atoms with Crippen LogP contribution in [0.25, 0.3) is 32.7 Å². The van der Waals surface area contributed by atoms with Crippen LogP contribution in [0.3, 0.4) is 0 Å². The third-order valence-corrected chi connectivity index (χ3v) is 8.61. The van der Waals surface area contributed by atoms with Crippen molar-refractivity contribution in [1.82, 2.24) is 0 Å². The van der Waals surface area contributed by atoms with E-state index in [2.05, 4.69) is 204 Å². The molecule has 0 heterocycles. The molecule has 0 radical (unpaired) electrons. The Balaban J connectivity index is 1.21. The molecule has 0 spiro atoms. The van der Waals surface area contributed by atoms with E-state index in [-0.39, 0.29) is 0 Å². The number of hydrogen-bond donors (Lipinski definition) is 0. The smallest absolute Gasteiger partial charge is 0.0540 e. The van der Waals surface area contributed by atoms with Gasteiger partial charge in [0.25, 0.3) is 0 Å². The minimum absolute atomic E-state index is 1.11. The van der Waals surface area contributed by atoms with Crippen LogP contribution in [0, 0.1) is 0 Å². The van der Waals surface area contributed by atoms with E-state index in [1.807, 2.05) is 0 Å². The molecule has 0 amide bonds. The maximum atomic E-state index is 2.36. The molecule has 8 aromatic carbocycles. The van der Waals surface area contributed by atoms with Gasteiger partial charge in [-0.2, -0.15) is 0 Å². The molecule has 0 aromatic heterocycles. The monoisotopic (exact) mass is 588 g/mol. The summed E-state index contributed by atoms with van der Waals surface area (Å²) in [6.45, 7) is 0. The van der Waals surface area contributed by atoms with Gasteiger partial charge in [-0.25, -0.2) is 0 Å². The highest BCUT2D eigenvalue weighted by molar-refractivity contribution is 6.00. The number of nitrogens with zero attached hydrogens (tertiary/aromatic N) is 2. The topological polar surface area (TPSA) is 6.48 Å². The Morgan fingerprint density at radius 3 is 1.24 bits per heavy atom. The van der Waals surface area contributed by atoms with E-state index in [1.54, 1.807) is 0 Å². The second kappa shape index (κ2) is 12.1. The number of hydrogen-bond acceptors (Lipinski definition) is 2. The molecule has 0 fully saturated rings. The van der Waals surface area contributed by atoms with Crippen molar-refractivity contribution in [3.05, 3.63) is 194 Å². The highest BCUT2D eigenvalue weighted by atomic mass is 15.1. The van der Waals surface area contributed by atoms with Crippen molar-refractivity contribution in [1.29, 1.82) is 0 Å². The summed E-state index contributed by atoms with van der Waals surface area (Å²) in [6, 6.07) is 69.3. The SMILES string of the molecule is c1ccc(N(c2ccc(-c3cccc(N(c4ccccc4)c4cccc5ccccc45)c3)cc2)c2cccc3ccccc23)cc1. The summed E-state index contributed by atoms with van der Waals surface area (Å²) < 4.78 is 0. The number of fused-ring (bicyclic) bond motifs is 2. The number of anilines is 6. The minimum atomic E-state index is 1.11. The number of benzene rings is 8. The molecule has 0 saturated carbocycles. The normalized spacial score (nSPS) is 11.0. The molecule has 0 aliphatic heterocycles. The molecular weight excluding hydrogens is 556 g/mol. The molecule has 8 rings (SSSR count). The molecule has 0 aliphatic carbocycles. The van der Waals surface area contributed by atoms with Crippen LogP contribution in [-0.2, 0) is 0 Å². The van der Waals surface area contributed by atoms with Crippen molar-refractivity contribution in [2.24, 2.45) is 0 Å². The molecule has 46 heavy (non-hydrogen) atoms.